The summed E-state index contributed by atoms with van der Waals surface area (Å²) in [5.41, 5.74) is 0. The number of likely N-dealkylation sites (tertiary alicyclic amines) is 1. The Hall–Kier alpha value is -0.530. The average molecular weight is 153 g/mol. The quantitative estimate of drug-likeness (QED) is 0.521. The molecule has 1 aliphatic heterocycles. The lowest BCUT2D eigenvalue weighted by molar-refractivity contribution is -0.122. The van der Waals surface area contributed by atoms with E-state index >= 15 is 0 Å². The molecule has 2 heteroatoms. The minimum Gasteiger partial charge on any atom is -0.342 e. The molecule has 2 atom stereocenters. The molecule has 0 aromatic carbocycles. The smallest absolute Gasteiger partial charge is 0.209 e. The number of rotatable bonds is 1. The first-order valence-electron chi connectivity index (χ1n) is 4.63. The van der Waals surface area contributed by atoms with Gasteiger partial charge < -0.3 is 4.90 Å². The van der Waals surface area contributed by atoms with Crippen LogP contribution in [0.25, 0.3) is 0 Å². The van der Waals surface area contributed by atoms with Crippen molar-refractivity contribution in [3.63, 3.8) is 0 Å². The summed E-state index contributed by atoms with van der Waals surface area (Å²) in [5, 5.41) is 0. The predicted octanol–water partition coefficient (Wildman–Crippen LogP) is 1.41. The molecule has 2 aliphatic rings. The molecular weight excluding hydrogens is 138 g/mol. The van der Waals surface area contributed by atoms with Crippen molar-refractivity contribution in [2.24, 2.45) is 5.92 Å². The molecule has 0 spiro atoms. The second kappa shape index (κ2) is 2.84. The third-order valence-corrected chi connectivity index (χ3v) is 3.17. The fraction of sp³-hybridized carbons (Fsp3) is 0.889. The lowest BCUT2D eigenvalue weighted by Gasteiger charge is -2.34. The molecule has 62 valence electrons. The van der Waals surface area contributed by atoms with Gasteiger partial charge >= 0.3 is 0 Å². The molecule has 1 saturated heterocycles. The van der Waals surface area contributed by atoms with Crippen LogP contribution in [0.3, 0.4) is 0 Å². The summed E-state index contributed by atoms with van der Waals surface area (Å²) >= 11 is 0. The van der Waals surface area contributed by atoms with Crippen LogP contribution < -0.4 is 0 Å². The molecule has 2 fully saturated rings. The summed E-state index contributed by atoms with van der Waals surface area (Å²) in [5.74, 6) is 0.842. The van der Waals surface area contributed by atoms with E-state index in [2.05, 4.69) is 0 Å². The number of piperidine rings is 1. The first-order chi connectivity index (χ1) is 5.42. The minimum absolute atomic E-state index is 0.612. The van der Waals surface area contributed by atoms with Crippen molar-refractivity contribution in [2.75, 3.05) is 6.54 Å². The maximum atomic E-state index is 10.6. The standard InChI is InChI=1S/C9H15NO/c11-7-10-6-2-4-8-3-1-5-9(8)10/h7-9H,1-6H2. The Kier molecular flexibility index (Phi) is 1.84. The average Bonchev–Trinajstić information content (AvgIpc) is 2.50. The van der Waals surface area contributed by atoms with E-state index in [1.807, 2.05) is 4.90 Å². The molecule has 1 saturated carbocycles. The van der Waals surface area contributed by atoms with Gasteiger partial charge in [0.1, 0.15) is 0 Å². The highest BCUT2D eigenvalue weighted by atomic mass is 16.1. The van der Waals surface area contributed by atoms with Crippen molar-refractivity contribution < 1.29 is 4.79 Å². The molecular formula is C9H15NO. The van der Waals surface area contributed by atoms with Crippen LogP contribution in [-0.4, -0.2) is 23.9 Å². The first-order valence-corrected chi connectivity index (χ1v) is 4.63. The summed E-state index contributed by atoms with van der Waals surface area (Å²) in [6.45, 7) is 1.00. The molecule has 0 aromatic rings. The van der Waals surface area contributed by atoms with E-state index in [-0.39, 0.29) is 0 Å². The zero-order valence-electron chi connectivity index (χ0n) is 6.83. The Morgan fingerprint density at radius 2 is 2.00 bits per heavy atom. The fourth-order valence-corrected chi connectivity index (χ4v) is 2.62. The van der Waals surface area contributed by atoms with Crippen molar-refractivity contribution in [1.29, 1.82) is 0 Å². The molecule has 0 radical (unpaired) electrons. The van der Waals surface area contributed by atoms with E-state index < -0.39 is 0 Å². The van der Waals surface area contributed by atoms with Gasteiger partial charge in [-0.2, -0.15) is 0 Å². The van der Waals surface area contributed by atoms with Crippen LogP contribution in [0.1, 0.15) is 32.1 Å². The van der Waals surface area contributed by atoms with Gasteiger partial charge in [0.15, 0.2) is 0 Å². The summed E-state index contributed by atoms with van der Waals surface area (Å²) in [6.07, 6.45) is 7.56. The predicted molar refractivity (Wildman–Crippen MR) is 43.1 cm³/mol. The van der Waals surface area contributed by atoms with Crippen LogP contribution >= 0.6 is 0 Å². The molecule has 1 aliphatic carbocycles. The monoisotopic (exact) mass is 153 g/mol. The van der Waals surface area contributed by atoms with Crippen LogP contribution in [0, 0.1) is 5.92 Å². The third kappa shape index (κ3) is 1.15. The number of fused-ring (bicyclic) bond motifs is 1. The van der Waals surface area contributed by atoms with Gasteiger partial charge in [-0.15, -0.1) is 0 Å². The highest BCUT2D eigenvalue weighted by Gasteiger charge is 2.33. The van der Waals surface area contributed by atoms with Crippen molar-refractivity contribution in [2.45, 2.75) is 38.1 Å². The van der Waals surface area contributed by atoms with Crippen LogP contribution in [-0.2, 0) is 4.79 Å². The highest BCUT2D eigenvalue weighted by Crippen LogP contribution is 2.35. The van der Waals surface area contributed by atoms with E-state index in [0.717, 1.165) is 18.9 Å². The Morgan fingerprint density at radius 3 is 2.82 bits per heavy atom. The lowest BCUT2D eigenvalue weighted by atomic mass is 9.92. The normalized spacial score (nSPS) is 36.9. The lowest BCUT2D eigenvalue weighted by Crippen LogP contribution is -2.41. The van der Waals surface area contributed by atoms with Crippen molar-refractivity contribution in [3.05, 3.63) is 0 Å². The second-order valence-corrected chi connectivity index (χ2v) is 3.74. The van der Waals surface area contributed by atoms with Crippen molar-refractivity contribution >= 4 is 6.41 Å². The number of nitrogens with zero attached hydrogens (tertiary/aromatic N) is 1. The molecule has 11 heavy (non-hydrogen) atoms. The van der Waals surface area contributed by atoms with Gasteiger partial charge in [0.05, 0.1) is 0 Å². The number of hydrogen-bond donors (Lipinski definition) is 0. The Balaban J connectivity index is 2.06. The molecule has 2 unspecified atom stereocenters. The summed E-state index contributed by atoms with van der Waals surface area (Å²) in [6, 6.07) is 0.612. The first kappa shape index (κ1) is 7.14. The van der Waals surface area contributed by atoms with E-state index in [1.165, 1.54) is 32.1 Å². The number of hydrogen-bond acceptors (Lipinski definition) is 1. The van der Waals surface area contributed by atoms with Crippen LogP contribution in [0.2, 0.25) is 0 Å². The minimum atomic E-state index is 0.612. The maximum absolute atomic E-state index is 10.6. The summed E-state index contributed by atoms with van der Waals surface area (Å²) in [7, 11) is 0. The Bertz CT molecular complexity index is 158. The van der Waals surface area contributed by atoms with Gasteiger partial charge in [0, 0.05) is 12.6 Å². The van der Waals surface area contributed by atoms with Gasteiger partial charge in [0.2, 0.25) is 6.41 Å². The van der Waals surface area contributed by atoms with Gasteiger partial charge in [-0.3, -0.25) is 4.79 Å². The third-order valence-electron chi connectivity index (χ3n) is 3.17. The SMILES string of the molecule is O=CN1CCCC2CCCC21. The fourth-order valence-electron chi connectivity index (χ4n) is 2.62. The molecule has 1 amide bonds. The number of carbonyl (C=O) groups excluding carboxylic acids is 1. The molecule has 2 nitrogen and oxygen atoms in total. The largest absolute Gasteiger partial charge is 0.342 e. The van der Waals surface area contributed by atoms with E-state index in [9.17, 15) is 4.79 Å². The molecule has 0 aromatic heterocycles. The van der Waals surface area contributed by atoms with E-state index in [0.29, 0.717) is 6.04 Å². The summed E-state index contributed by atoms with van der Waals surface area (Å²) < 4.78 is 0. The van der Waals surface area contributed by atoms with Gasteiger partial charge in [-0.05, 0) is 31.6 Å². The molecule has 1 heterocycles. The van der Waals surface area contributed by atoms with Crippen LogP contribution in [0.4, 0.5) is 0 Å². The van der Waals surface area contributed by atoms with Gasteiger partial charge in [-0.1, -0.05) is 6.42 Å². The van der Waals surface area contributed by atoms with Crippen molar-refractivity contribution in [3.8, 4) is 0 Å². The number of carbonyl (C=O) groups is 1. The zero-order valence-corrected chi connectivity index (χ0v) is 6.83. The summed E-state index contributed by atoms with van der Waals surface area (Å²) in [4.78, 5) is 12.6. The van der Waals surface area contributed by atoms with Crippen LogP contribution in [0.5, 0.6) is 0 Å². The molecule has 0 bridgehead atoms. The van der Waals surface area contributed by atoms with Crippen molar-refractivity contribution in [1.82, 2.24) is 4.90 Å². The maximum Gasteiger partial charge on any atom is 0.209 e. The Morgan fingerprint density at radius 1 is 1.18 bits per heavy atom. The van der Waals surface area contributed by atoms with Crippen LogP contribution in [0.15, 0.2) is 0 Å². The van der Waals surface area contributed by atoms with Gasteiger partial charge in [-0.25, -0.2) is 0 Å². The Labute approximate surface area is 67.6 Å². The number of amides is 1. The molecule has 0 N–H and O–H groups in total. The van der Waals surface area contributed by atoms with Gasteiger partial charge in [0.25, 0.3) is 0 Å². The van der Waals surface area contributed by atoms with E-state index in [4.69, 9.17) is 0 Å². The second-order valence-electron chi connectivity index (χ2n) is 3.74. The molecule has 2 rings (SSSR count). The van der Waals surface area contributed by atoms with E-state index in [1.54, 1.807) is 0 Å². The highest BCUT2D eigenvalue weighted by molar-refractivity contribution is 5.48. The topological polar surface area (TPSA) is 20.3 Å². The zero-order chi connectivity index (χ0) is 7.68.